The van der Waals surface area contributed by atoms with Gasteiger partial charge < -0.3 is 34.8 Å². The van der Waals surface area contributed by atoms with Crippen molar-refractivity contribution in [3.63, 3.8) is 0 Å². The number of hydrogen-bond donors (Lipinski definition) is 3. The molecule has 3 aliphatic rings. The molecule has 45 heavy (non-hydrogen) atoms. The Kier molecular flexibility index (Phi) is 9.55. The van der Waals surface area contributed by atoms with Gasteiger partial charge in [0.1, 0.15) is 12.0 Å². The Morgan fingerprint density at radius 2 is 1.84 bits per heavy atom. The van der Waals surface area contributed by atoms with Crippen LogP contribution in [-0.4, -0.2) is 89.0 Å². The third kappa shape index (κ3) is 6.94. The summed E-state index contributed by atoms with van der Waals surface area (Å²) in [5.74, 6) is -0.0950. The number of anilines is 1. The molecule has 0 unspecified atom stereocenters. The van der Waals surface area contributed by atoms with E-state index in [4.69, 9.17) is 9.26 Å². The molecule has 0 saturated carbocycles. The van der Waals surface area contributed by atoms with Gasteiger partial charge in [-0.05, 0) is 56.8 Å². The summed E-state index contributed by atoms with van der Waals surface area (Å²) >= 11 is 1.60. The first-order valence-electron chi connectivity index (χ1n) is 16.0. The summed E-state index contributed by atoms with van der Waals surface area (Å²) in [5.41, 5.74) is 4.87. The van der Waals surface area contributed by atoms with Gasteiger partial charge in [-0.1, -0.05) is 43.3 Å². The molecule has 3 aliphatic heterocycles. The van der Waals surface area contributed by atoms with Gasteiger partial charge in [0.25, 0.3) is 0 Å². The number of nitrogens with zero attached hydrogens (tertiary/aromatic N) is 4. The van der Waals surface area contributed by atoms with Crippen molar-refractivity contribution in [2.75, 3.05) is 37.6 Å². The number of thiazole rings is 1. The second kappa shape index (κ2) is 13.6. The van der Waals surface area contributed by atoms with Crippen LogP contribution in [0.15, 0.2) is 40.4 Å². The molecular formula is C33H44N6O5S. The minimum absolute atomic E-state index is 0.0975. The number of aryl methyl sites for hydroxylation is 1. The van der Waals surface area contributed by atoms with Crippen LogP contribution < -0.4 is 15.5 Å². The van der Waals surface area contributed by atoms with Crippen LogP contribution in [-0.2, 0) is 14.3 Å². The van der Waals surface area contributed by atoms with E-state index in [-0.39, 0.29) is 42.8 Å². The highest BCUT2D eigenvalue weighted by molar-refractivity contribution is 7.13. The second-order valence-electron chi connectivity index (χ2n) is 12.9. The Labute approximate surface area is 268 Å². The summed E-state index contributed by atoms with van der Waals surface area (Å²) in [4.78, 5) is 36.6. The van der Waals surface area contributed by atoms with Crippen molar-refractivity contribution >= 4 is 29.0 Å². The smallest absolute Gasteiger partial charge is 0.243 e. The van der Waals surface area contributed by atoms with Gasteiger partial charge in [0.05, 0.1) is 40.4 Å². The summed E-state index contributed by atoms with van der Waals surface area (Å²) in [6.07, 6.45) is 1.95. The van der Waals surface area contributed by atoms with Crippen molar-refractivity contribution < 1.29 is 24.0 Å². The molecule has 0 radical (unpaired) electrons. The SMILES string of the molecule is Cc1ncsc1-c1ccc([C@H](C)NC(=O)[C@@H]2C[C@@H](O)CN2C(=O)[C@@H](c2cc(N3CC(OC4CCNCC4)C3)no2)C(C)C)cc1. The molecule has 4 atom stereocenters. The lowest BCUT2D eigenvalue weighted by Gasteiger charge is -2.41. The molecule has 3 N–H and O–H groups in total. The molecule has 3 saturated heterocycles. The quantitative estimate of drug-likeness (QED) is 0.305. The van der Waals surface area contributed by atoms with Crippen molar-refractivity contribution in [3.8, 4) is 10.4 Å². The predicted octanol–water partition coefficient (Wildman–Crippen LogP) is 3.64. The number of aromatic nitrogens is 2. The van der Waals surface area contributed by atoms with Crippen LogP contribution in [0.1, 0.15) is 69.0 Å². The van der Waals surface area contributed by atoms with Crippen LogP contribution in [0.2, 0.25) is 0 Å². The van der Waals surface area contributed by atoms with Crippen molar-refractivity contribution in [2.45, 2.75) is 83.3 Å². The first kappa shape index (κ1) is 31.7. The topological polar surface area (TPSA) is 133 Å². The minimum Gasteiger partial charge on any atom is -0.391 e. The summed E-state index contributed by atoms with van der Waals surface area (Å²) in [6.45, 7) is 11.4. The first-order valence-corrected chi connectivity index (χ1v) is 16.9. The number of β-amino-alcohol motifs (C(OH)–C–C–N with tert-alkyl or cyclic N) is 1. The van der Waals surface area contributed by atoms with E-state index in [0.29, 0.717) is 17.7 Å². The Bertz CT molecular complexity index is 1460. The largest absolute Gasteiger partial charge is 0.391 e. The number of ether oxygens (including phenoxy) is 1. The third-order valence-electron chi connectivity index (χ3n) is 9.24. The average molecular weight is 637 g/mol. The number of amides is 2. The minimum atomic E-state index is -0.780. The van der Waals surface area contributed by atoms with Crippen LogP contribution in [0.4, 0.5) is 5.82 Å². The van der Waals surface area contributed by atoms with E-state index in [1.54, 1.807) is 11.3 Å². The number of nitrogens with one attached hydrogen (secondary N) is 2. The van der Waals surface area contributed by atoms with Crippen molar-refractivity contribution in [2.24, 2.45) is 5.92 Å². The molecular weight excluding hydrogens is 592 g/mol. The van der Waals surface area contributed by atoms with Crippen LogP contribution in [0, 0.1) is 12.8 Å². The van der Waals surface area contributed by atoms with Gasteiger partial charge in [-0.3, -0.25) is 9.59 Å². The molecule has 3 aromatic rings. The number of carbonyl (C=O) groups is 2. The van der Waals surface area contributed by atoms with Crippen LogP contribution >= 0.6 is 11.3 Å². The maximum atomic E-state index is 14.0. The summed E-state index contributed by atoms with van der Waals surface area (Å²) in [5, 5.41) is 21.3. The van der Waals surface area contributed by atoms with E-state index in [9.17, 15) is 14.7 Å². The Hall–Kier alpha value is -3.32. The number of piperidine rings is 1. The fourth-order valence-electron chi connectivity index (χ4n) is 6.60. The molecule has 3 fully saturated rings. The highest BCUT2D eigenvalue weighted by atomic mass is 32.1. The third-order valence-corrected chi connectivity index (χ3v) is 10.2. The second-order valence-corrected chi connectivity index (χ2v) is 13.8. The lowest BCUT2D eigenvalue weighted by Crippen LogP contribution is -2.54. The highest BCUT2D eigenvalue weighted by Crippen LogP contribution is 2.34. The van der Waals surface area contributed by atoms with E-state index in [1.807, 2.05) is 63.5 Å². The van der Waals surface area contributed by atoms with Gasteiger partial charge in [0, 0.05) is 32.1 Å². The van der Waals surface area contributed by atoms with E-state index in [1.165, 1.54) is 4.90 Å². The van der Waals surface area contributed by atoms with Crippen LogP contribution in [0.3, 0.4) is 0 Å². The number of benzene rings is 1. The summed E-state index contributed by atoms with van der Waals surface area (Å²) in [7, 11) is 0. The highest BCUT2D eigenvalue weighted by Gasteiger charge is 2.44. The lowest BCUT2D eigenvalue weighted by atomic mass is 9.91. The van der Waals surface area contributed by atoms with Crippen molar-refractivity contribution in [1.29, 1.82) is 0 Å². The monoisotopic (exact) mass is 636 g/mol. The predicted molar refractivity (Wildman–Crippen MR) is 172 cm³/mol. The van der Waals surface area contributed by atoms with Crippen molar-refractivity contribution in [1.82, 2.24) is 25.7 Å². The molecule has 242 valence electrons. The molecule has 12 heteroatoms. The lowest BCUT2D eigenvalue weighted by molar-refractivity contribution is -0.141. The van der Waals surface area contributed by atoms with E-state index < -0.39 is 18.1 Å². The molecule has 5 heterocycles. The van der Waals surface area contributed by atoms with Gasteiger partial charge >= 0.3 is 0 Å². The maximum absolute atomic E-state index is 14.0. The molecule has 2 aromatic heterocycles. The van der Waals surface area contributed by atoms with Gasteiger partial charge in [0.15, 0.2) is 11.6 Å². The fraction of sp³-hybridized carbons (Fsp3) is 0.576. The number of carbonyl (C=O) groups excluding carboxylic acids is 2. The summed E-state index contributed by atoms with van der Waals surface area (Å²) in [6, 6.07) is 8.86. The normalized spacial score (nSPS) is 22.4. The number of likely N-dealkylation sites (tertiary alicyclic amines) is 1. The molecule has 11 nitrogen and oxygen atoms in total. The Balaban J connectivity index is 1.08. The number of aliphatic hydroxyl groups excluding tert-OH is 1. The number of rotatable bonds is 10. The van der Waals surface area contributed by atoms with Gasteiger partial charge in [-0.2, -0.15) is 0 Å². The van der Waals surface area contributed by atoms with Crippen LogP contribution in [0.5, 0.6) is 0 Å². The van der Waals surface area contributed by atoms with Gasteiger partial charge in [-0.15, -0.1) is 11.3 Å². The molecule has 2 amide bonds. The Morgan fingerprint density at radius 1 is 1.11 bits per heavy atom. The summed E-state index contributed by atoms with van der Waals surface area (Å²) < 4.78 is 12.0. The van der Waals surface area contributed by atoms with E-state index in [0.717, 1.165) is 60.7 Å². The number of hydrogen-bond acceptors (Lipinski definition) is 10. The zero-order valence-electron chi connectivity index (χ0n) is 26.4. The van der Waals surface area contributed by atoms with Crippen molar-refractivity contribution in [3.05, 3.63) is 52.9 Å². The fourth-order valence-corrected chi connectivity index (χ4v) is 7.42. The average Bonchev–Trinajstić information content (AvgIpc) is 3.75. The molecule has 0 spiro atoms. The van der Waals surface area contributed by atoms with Crippen LogP contribution in [0.25, 0.3) is 10.4 Å². The van der Waals surface area contributed by atoms with E-state index in [2.05, 4.69) is 25.7 Å². The van der Waals surface area contributed by atoms with Gasteiger partial charge in [0.2, 0.25) is 11.8 Å². The first-order chi connectivity index (χ1) is 21.7. The maximum Gasteiger partial charge on any atom is 0.243 e. The van der Waals surface area contributed by atoms with Gasteiger partial charge in [-0.25, -0.2) is 4.98 Å². The number of aliphatic hydroxyl groups is 1. The molecule has 0 bridgehead atoms. The Morgan fingerprint density at radius 3 is 2.51 bits per heavy atom. The van der Waals surface area contributed by atoms with E-state index >= 15 is 0 Å². The molecule has 0 aliphatic carbocycles. The molecule has 6 rings (SSSR count). The standard InChI is InChI=1S/C33H44N6O5S/c1-19(2)30(28-14-29(37-44-28)38-16-26(17-38)43-25-9-11-34-12-10-25)33(42)39-15-24(40)13-27(39)32(41)36-20(3)22-5-7-23(8-6-22)31-21(4)35-18-45-31/h5-8,14,18-20,24-27,30,34,40H,9-13,15-17H2,1-4H3,(H,36,41)/t20-,24+,27-,30+/m0/s1. The zero-order valence-corrected chi connectivity index (χ0v) is 27.3. The zero-order chi connectivity index (χ0) is 31.7. The molecule has 1 aromatic carbocycles.